The van der Waals surface area contributed by atoms with Crippen molar-refractivity contribution in [1.29, 1.82) is 0 Å². The Bertz CT molecular complexity index is 392. The van der Waals surface area contributed by atoms with Gasteiger partial charge in [0.15, 0.2) is 11.2 Å². The highest BCUT2D eigenvalue weighted by atomic mass is 32.1. The molecule has 1 aromatic heterocycles. The van der Waals surface area contributed by atoms with Crippen molar-refractivity contribution in [2.75, 3.05) is 19.4 Å². The van der Waals surface area contributed by atoms with Crippen LogP contribution in [0.4, 0.5) is 5.13 Å². The lowest BCUT2D eigenvalue weighted by Crippen LogP contribution is -2.37. The van der Waals surface area contributed by atoms with Crippen molar-refractivity contribution in [2.45, 2.75) is 6.10 Å². The molecule has 1 atom stereocenters. The second kappa shape index (κ2) is 5.42. The van der Waals surface area contributed by atoms with Crippen LogP contribution >= 0.6 is 11.3 Å². The van der Waals surface area contributed by atoms with Crippen molar-refractivity contribution in [1.82, 2.24) is 10.3 Å². The fourth-order valence-corrected chi connectivity index (χ4v) is 1.48. The Morgan fingerprint density at radius 1 is 1.75 bits per heavy atom. The first-order valence-corrected chi connectivity index (χ1v) is 5.17. The molecular weight excluding hydrogens is 234 g/mol. The Kier molecular flexibility index (Phi) is 4.20. The van der Waals surface area contributed by atoms with Crippen molar-refractivity contribution in [3.63, 3.8) is 0 Å². The Morgan fingerprint density at radius 3 is 2.88 bits per heavy atom. The van der Waals surface area contributed by atoms with Crippen LogP contribution in [0.5, 0.6) is 0 Å². The summed E-state index contributed by atoms with van der Waals surface area (Å²) in [6, 6.07) is 0. The number of ether oxygens (including phenoxy) is 1. The van der Waals surface area contributed by atoms with E-state index in [1.54, 1.807) is 0 Å². The zero-order valence-electron chi connectivity index (χ0n) is 8.47. The highest BCUT2D eigenvalue weighted by molar-refractivity contribution is 7.13. The Balaban J connectivity index is 2.49. The van der Waals surface area contributed by atoms with E-state index in [-0.39, 0.29) is 17.4 Å². The maximum absolute atomic E-state index is 11.4. The van der Waals surface area contributed by atoms with Crippen LogP contribution in [-0.2, 0) is 9.53 Å². The number of nitrogens with one attached hydrogen (secondary N) is 1. The molecule has 4 N–H and O–H groups in total. The minimum atomic E-state index is -1.14. The van der Waals surface area contributed by atoms with Crippen LogP contribution in [0.2, 0.25) is 0 Å². The van der Waals surface area contributed by atoms with Crippen LogP contribution < -0.4 is 11.1 Å². The van der Waals surface area contributed by atoms with E-state index < -0.39 is 18.0 Å². The van der Waals surface area contributed by atoms with Gasteiger partial charge in [0, 0.05) is 12.5 Å². The van der Waals surface area contributed by atoms with Crippen LogP contribution in [0, 0.1) is 0 Å². The molecule has 0 fully saturated rings. The number of thiazole rings is 1. The molecule has 0 bridgehead atoms. The monoisotopic (exact) mass is 245 g/mol. The van der Waals surface area contributed by atoms with Gasteiger partial charge in [-0.2, -0.15) is 0 Å². The van der Waals surface area contributed by atoms with E-state index >= 15 is 0 Å². The number of amides is 1. The topological polar surface area (TPSA) is 115 Å². The molecule has 0 spiro atoms. The van der Waals surface area contributed by atoms with Crippen molar-refractivity contribution in [3.8, 4) is 0 Å². The van der Waals surface area contributed by atoms with E-state index in [1.165, 1.54) is 12.5 Å². The van der Waals surface area contributed by atoms with Gasteiger partial charge in [-0.1, -0.05) is 0 Å². The number of anilines is 1. The Hall–Kier alpha value is -1.67. The third-order valence-electron chi connectivity index (χ3n) is 1.76. The number of aromatic nitrogens is 1. The lowest BCUT2D eigenvalue weighted by Gasteiger charge is -2.10. The molecule has 1 aromatic rings. The molecule has 1 amide bonds. The van der Waals surface area contributed by atoms with Crippen LogP contribution in [0.15, 0.2) is 5.38 Å². The summed E-state index contributed by atoms with van der Waals surface area (Å²) < 4.78 is 4.65. The summed E-state index contributed by atoms with van der Waals surface area (Å²) in [5, 5.41) is 12.8. The van der Waals surface area contributed by atoms with E-state index in [2.05, 4.69) is 15.0 Å². The summed E-state index contributed by atoms with van der Waals surface area (Å²) in [6.07, 6.45) is -1.07. The molecule has 0 aliphatic heterocycles. The van der Waals surface area contributed by atoms with Crippen LogP contribution in [-0.4, -0.2) is 41.7 Å². The minimum Gasteiger partial charge on any atom is -0.479 e. The van der Waals surface area contributed by atoms with Gasteiger partial charge in [0.25, 0.3) is 5.91 Å². The van der Waals surface area contributed by atoms with Gasteiger partial charge in [-0.15, -0.1) is 11.3 Å². The van der Waals surface area contributed by atoms with Gasteiger partial charge in [-0.25, -0.2) is 9.78 Å². The fraction of sp³-hybridized carbons (Fsp3) is 0.375. The van der Waals surface area contributed by atoms with E-state index in [4.69, 9.17) is 10.8 Å². The smallest absolute Gasteiger partial charge is 0.334 e. The molecule has 1 heterocycles. The number of nitrogens with zero attached hydrogens (tertiary/aromatic N) is 1. The largest absolute Gasteiger partial charge is 0.479 e. The highest BCUT2D eigenvalue weighted by Crippen LogP contribution is 2.10. The summed E-state index contributed by atoms with van der Waals surface area (Å²) in [4.78, 5) is 25.8. The first-order chi connectivity index (χ1) is 7.54. The Labute approximate surface area is 95.2 Å². The van der Waals surface area contributed by atoms with Gasteiger partial charge >= 0.3 is 5.97 Å². The zero-order valence-corrected chi connectivity index (χ0v) is 9.28. The van der Waals surface area contributed by atoms with Crippen molar-refractivity contribution < 1.29 is 19.4 Å². The molecule has 0 saturated carbocycles. The SMILES string of the molecule is COC(CNC(=O)c1csc(N)n1)C(=O)O. The molecule has 7 nitrogen and oxygen atoms in total. The number of carboxylic acids is 1. The number of hydrogen-bond acceptors (Lipinski definition) is 6. The van der Waals surface area contributed by atoms with E-state index in [1.807, 2.05) is 0 Å². The van der Waals surface area contributed by atoms with Crippen molar-refractivity contribution in [2.24, 2.45) is 0 Å². The third-order valence-corrected chi connectivity index (χ3v) is 2.44. The van der Waals surface area contributed by atoms with Gasteiger partial charge in [-0.05, 0) is 0 Å². The normalized spacial score (nSPS) is 12.1. The molecule has 0 radical (unpaired) electrons. The quantitative estimate of drug-likeness (QED) is 0.647. The molecule has 0 aliphatic carbocycles. The van der Waals surface area contributed by atoms with Crippen molar-refractivity contribution >= 4 is 28.3 Å². The standard InChI is InChI=1S/C8H11N3O4S/c1-15-5(7(13)14)2-10-6(12)4-3-16-8(9)11-4/h3,5H,2H2,1H3,(H2,9,11)(H,10,12)(H,13,14). The zero-order chi connectivity index (χ0) is 12.1. The summed E-state index contributed by atoms with van der Waals surface area (Å²) in [6.45, 7) is -0.123. The predicted molar refractivity (Wildman–Crippen MR) is 57.3 cm³/mol. The van der Waals surface area contributed by atoms with Gasteiger partial charge < -0.3 is 20.9 Å². The molecular formula is C8H11N3O4S. The number of carbonyl (C=O) groups is 2. The average molecular weight is 245 g/mol. The summed E-state index contributed by atoms with van der Waals surface area (Å²) in [7, 11) is 1.26. The second-order valence-electron chi connectivity index (χ2n) is 2.84. The van der Waals surface area contributed by atoms with Gasteiger partial charge in [-0.3, -0.25) is 4.79 Å². The summed E-state index contributed by atoms with van der Waals surface area (Å²) in [5.74, 6) is -1.61. The van der Waals surface area contributed by atoms with E-state index in [9.17, 15) is 9.59 Å². The molecule has 1 unspecified atom stereocenters. The second-order valence-corrected chi connectivity index (χ2v) is 3.73. The molecule has 0 aromatic carbocycles. The van der Waals surface area contributed by atoms with Gasteiger partial charge in [0.2, 0.25) is 0 Å². The van der Waals surface area contributed by atoms with Gasteiger partial charge in [0.1, 0.15) is 5.69 Å². The lowest BCUT2D eigenvalue weighted by molar-refractivity contribution is -0.148. The van der Waals surface area contributed by atoms with Crippen LogP contribution in [0.1, 0.15) is 10.5 Å². The number of carboxylic acid groups (broad SMARTS) is 1. The highest BCUT2D eigenvalue weighted by Gasteiger charge is 2.18. The number of nitrogen functional groups attached to an aromatic ring is 1. The number of aliphatic carboxylic acids is 1. The molecule has 8 heteroatoms. The van der Waals surface area contributed by atoms with Gasteiger partial charge in [0.05, 0.1) is 6.54 Å². The first-order valence-electron chi connectivity index (χ1n) is 4.29. The number of methoxy groups -OCH3 is 1. The van der Waals surface area contributed by atoms with Crippen LogP contribution in [0.3, 0.4) is 0 Å². The number of nitrogens with two attached hydrogens (primary N) is 1. The number of hydrogen-bond donors (Lipinski definition) is 3. The average Bonchev–Trinajstić information content (AvgIpc) is 2.65. The Morgan fingerprint density at radius 2 is 2.44 bits per heavy atom. The fourth-order valence-electron chi connectivity index (χ4n) is 0.939. The molecule has 0 saturated heterocycles. The lowest BCUT2D eigenvalue weighted by atomic mass is 10.3. The minimum absolute atomic E-state index is 0.123. The van der Waals surface area contributed by atoms with E-state index in [0.717, 1.165) is 11.3 Å². The maximum Gasteiger partial charge on any atom is 0.334 e. The number of rotatable bonds is 5. The molecule has 88 valence electrons. The van der Waals surface area contributed by atoms with Crippen LogP contribution in [0.25, 0.3) is 0 Å². The van der Waals surface area contributed by atoms with E-state index in [0.29, 0.717) is 0 Å². The number of carbonyl (C=O) groups excluding carboxylic acids is 1. The summed E-state index contributed by atoms with van der Waals surface area (Å²) >= 11 is 1.14. The van der Waals surface area contributed by atoms with Crippen molar-refractivity contribution in [3.05, 3.63) is 11.1 Å². The molecule has 16 heavy (non-hydrogen) atoms. The maximum atomic E-state index is 11.4. The third kappa shape index (κ3) is 3.17. The predicted octanol–water partition coefficient (Wildman–Crippen LogP) is -0.445. The first kappa shape index (κ1) is 12.4. The molecule has 0 aliphatic rings. The summed E-state index contributed by atoms with van der Waals surface area (Å²) in [5.41, 5.74) is 5.52. The molecule has 1 rings (SSSR count).